The van der Waals surface area contributed by atoms with Gasteiger partial charge in [-0.15, -0.1) is 11.8 Å². The molecule has 23 heavy (non-hydrogen) atoms. The second-order valence-corrected chi connectivity index (χ2v) is 6.15. The zero-order valence-electron chi connectivity index (χ0n) is 12.1. The van der Waals surface area contributed by atoms with Crippen molar-refractivity contribution in [3.63, 3.8) is 0 Å². The van der Waals surface area contributed by atoms with Gasteiger partial charge < -0.3 is 0 Å². The van der Waals surface area contributed by atoms with Crippen LogP contribution in [0.2, 0.25) is 5.02 Å². The molecule has 0 N–H and O–H groups in total. The quantitative estimate of drug-likeness (QED) is 0.631. The van der Waals surface area contributed by atoms with Gasteiger partial charge in [0.15, 0.2) is 0 Å². The van der Waals surface area contributed by atoms with E-state index < -0.39 is 0 Å². The first-order chi connectivity index (χ1) is 11.3. The summed E-state index contributed by atoms with van der Waals surface area (Å²) < 4.78 is 0. The number of thioether (sulfide) groups is 1. The summed E-state index contributed by atoms with van der Waals surface area (Å²) in [6, 6.07) is 17.3. The first-order valence-corrected chi connectivity index (χ1v) is 8.32. The number of pyridine rings is 2. The molecular formula is C18H12ClN3S. The average molecular weight is 338 g/mol. The predicted molar refractivity (Wildman–Crippen MR) is 93.2 cm³/mol. The van der Waals surface area contributed by atoms with Crippen LogP contribution >= 0.6 is 23.4 Å². The highest BCUT2D eigenvalue weighted by Gasteiger charge is 2.09. The van der Waals surface area contributed by atoms with Crippen molar-refractivity contribution in [1.82, 2.24) is 9.97 Å². The van der Waals surface area contributed by atoms with E-state index in [0.29, 0.717) is 16.3 Å². The molecule has 3 rings (SSSR count). The van der Waals surface area contributed by atoms with Crippen molar-refractivity contribution in [3.8, 4) is 17.3 Å². The third-order valence-corrected chi connectivity index (χ3v) is 4.67. The minimum Gasteiger partial charge on any atom is -0.264 e. The Labute approximate surface area is 144 Å². The highest BCUT2D eigenvalue weighted by atomic mass is 35.5. The Morgan fingerprint density at radius 3 is 2.70 bits per heavy atom. The zero-order chi connectivity index (χ0) is 16.1. The molecule has 2 heterocycles. The lowest BCUT2D eigenvalue weighted by Crippen LogP contribution is -1.92. The molecule has 0 aliphatic heterocycles. The summed E-state index contributed by atoms with van der Waals surface area (Å²) in [5.41, 5.74) is 3.32. The van der Waals surface area contributed by atoms with Crippen molar-refractivity contribution in [2.24, 2.45) is 0 Å². The first kappa shape index (κ1) is 15.5. The number of aromatic nitrogens is 2. The number of nitrogens with zero attached hydrogens (tertiary/aromatic N) is 3. The van der Waals surface area contributed by atoms with Crippen molar-refractivity contribution in [2.45, 2.75) is 10.8 Å². The lowest BCUT2D eigenvalue weighted by molar-refractivity contribution is 1.11. The number of halogens is 1. The van der Waals surface area contributed by atoms with Crippen LogP contribution in [-0.4, -0.2) is 9.97 Å². The molecule has 3 aromatic rings. The van der Waals surface area contributed by atoms with Crippen molar-refractivity contribution in [1.29, 1.82) is 5.26 Å². The van der Waals surface area contributed by atoms with Crippen molar-refractivity contribution < 1.29 is 0 Å². The van der Waals surface area contributed by atoms with Crippen LogP contribution < -0.4 is 0 Å². The highest BCUT2D eigenvalue weighted by Crippen LogP contribution is 2.29. The van der Waals surface area contributed by atoms with Crippen LogP contribution in [0.4, 0.5) is 0 Å². The summed E-state index contributed by atoms with van der Waals surface area (Å²) in [4.78, 5) is 8.73. The van der Waals surface area contributed by atoms with Crippen LogP contribution in [0.1, 0.15) is 11.1 Å². The van der Waals surface area contributed by atoms with Gasteiger partial charge >= 0.3 is 0 Å². The molecule has 0 aliphatic rings. The van der Waals surface area contributed by atoms with Gasteiger partial charge in [-0.1, -0.05) is 29.8 Å². The maximum Gasteiger partial charge on any atom is 0.115 e. The van der Waals surface area contributed by atoms with E-state index in [1.807, 2.05) is 42.5 Å². The minimum atomic E-state index is 0.565. The van der Waals surface area contributed by atoms with Gasteiger partial charge in [0, 0.05) is 28.7 Å². The molecule has 0 spiro atoms. The van der Waals surface area contributed by atoms with E-state index in [-0.39, 0.29) is 0 Å². The Morgan fingerprint density at radius 2 is 1.96 bits per heavy atom. The van der Waals surface area contributed by atoms with Crippen LogP contribution in [-0.2, 0) is 5.75 Å². The topological polar surface area (TPSA) is 49.6 Å². The van der Waals surface area contributed by atoms with Gasteiger partial charge in [0.25, 0.3) is 0 Å². The molecule has 0 unspecified atom stereocenters. The number of nitriles is 1. The second kappa shape index (κ2) is 7.28. The van der Waals surface area contributed by atoms with E-state index in [1.54, 1.807) is 18.5 Å². The Bertz CT molecular complexity index is 860. The lowest BCUT2D eigenvalue weighted by atomic mass is 10.2. The average Bonchev–Trinajstić information content (AvgIpc) is 2.61. The fourth-order valence-corrected chi connectivity index (χ4v) is 3.33. The molecule has 0 radical (unpaired) electrons. The lowest BCUT2D eigenvalue weighted by Gasteiger charge is -2.07. The Kier molecular flexibility index (Phi) is 4.92. The van der Waals surface area contributed by atoms with Crippen LogP contribution in [0.15, 0.2) is 66.0 Å². The van der Waals surface area contributed by atoms with Gasteiger partial charge in [-0.25, -0.2) is 4.98 Å². The highest BCUT2D eigenvalue weighted by molar-refractivity contribution is 7.98. The summed E-state index contributed by atoms with van der Waals surface area (Å²) in [5.74, 6) is 0.665. The summed E-state index contributed by atoms with van der Waals surface area (Å²) in [5, 5.41) is 10.7. The standard InChI is InChI=1S/C18H12ClN3S/c19-16-6-2-1-4-15(16)12-23-18-13(10-20)7-8-17(22-18)14-5-3-9-21-11-14/h1-9,11H,12H2. The molecule has 0 saturated heterocycles. The van der Waals surface area contributed by atoms with Crippen LogP contribution in [0, 0.1) is 11.3 Å². The van der Waals surface area contributed by atoms with Gasteiger partial charge in [0.1, 0.15) is 11.1 Å². The summed E-state index contributed by atoms with van der Waals surface area (Å²) in [7, 11) is 0. The van der Waals surface area contributed by atoms with Crippen LogP contribution in [0.5, 0.6) is 0 Å². The maximum absolute atomic E-state index is 9.29. The molecule has 0 amide bonds. The third-order valence-electron chi connectivity index (χ3n) is 3.26. The van der Waals surface area contributed by atoms with Crippen molar-refractivity contribution >= 4 is 23.4 Å². The maximum atomic E-state index is 9.29. The van der Waals surface area contributed by atoms with E-state index in [0.717, 1.165) is 21.8 Å². The van der Waals surface area contributed by atoms with Gasteiger partial charge in [-0.2, -0.15) is 5.26 Å². The van der Waals surface area contributed by atoms with E-state index in [9.17, 15) is 5.26 Å². The van der Waals surface area contributed by atoms with E-state index >= 15 is 0 Å². The monoisotopic (exact) mass is 337 g/mol. The number of benzene rings is 1. The van der Waals surface area contributed by atoms with E-state index in [2.05, 4.69) is 16.0 Å². The number of rotatable bonds is 4. The fraction of sp³-hybridized carbons (Fsp3) is 0.0556. The minimum absolute atomic E-state index is 0.565. The second-order valence-electron chi connectivity index (χ2n) is 4.78. The summed E-state index contributed by atoms with van der Waals surface area (Å²) in [6.45, 7) is 0. The molecule has 3 nitrogen and oxygen atoms in total. The van der Waals surface area contributed by atoms with Gasteiger partial charge in [-0.05, 0) is 35.9 Å². The van der Waals surface area contributed by atoms with Gasteiger partial charge in [0.2, 0.25) is 0 Å². The van der Waals surface area contributed by atoms with Gasteiger partial charge in [-0.3, -0.25) is 4.98 Å². The predicted octanol–water partition coefficient (Wildman–Crippen LogP) is 4.96. The molecule has 112 valence electrons. The molecule has 0 bridgehead atoms. The van der Waals surface area contributed by atoms with Crippen molar-refractivity contribution in [3.05, 3.63) is 77.1 Å². The smallest absolute Gasteiger partial charge is 0.115 e. The molecular weight excluding hydrogens is 326 g/mol. The fourth-order valence-electron chi connectivity index (χ4n) is 2.07. The van der Waals surface area contributed by atoms with Crippen LogP contribution in [0.3, 0.4) is 0 Å². The summed E-state index contributed by atoms with van der Waals surface area (Å²) >= 11 is 7.69. The normalized spacial score (nSPS) is 10.3. The molecule has 0 saturated carbocycles. The van der Waals surface area contributed by atoms with Gasteiger partial charge in [0.05, 0.1) is 11.3 Å². The largest absolute Gasteiger partial charge is 0.264 e. The molecule has 0 atom stereocenters. The Balaban J connectivity index is 1.89. The molecule has 0 fully saturated rings. The number of hydrogen-bond acceptors (Lipinski definition) is 4. The molecule has 5 heteroatoms. The Morgan fingerprint density at radius 1 is 1.09 bits per heavy atom. The number of hydrogen-bond donors (Lipinski definition) is 0. The molecule has 0 aliphatic carbocycles. The molecule has 2 aromatic heterocycles. The third kappa shape index (κ3) is 3.70. The van der Waals surface area contributed by atoms with E-state index in [4.69, 9.17) is 11.6 Å². The van der Waals surface area contributed by atoms with E-state index in [1.165, 1.54) is 11.8 Å². The van der Waals surface area contributed by atoms with Crippen molar-refractivity contribution in [2.75, 3.05) is 0 Å². The SMILES string of the molecule is N#Cc1ccc(-c2cccnc2)nc1SCc1ccccc1Cl. The Hall–Kier alpha value is -2.35. The molecule has 1 aromatic carbocycles. The van der Waals surface area contributed by atoms with Crippen LogP contribution in [0.25, 0.3) is 11.3 Å². The zero-order valence-corrected chi connectivity index (χ0v) is 13.7. The summed E-state index contributed by atoms with van der Waals surface area (Å²) in [6.07, 6.45) is 3.48. The first-order valence-electron chi connectivity index (χ1n) is 6.95.